The molecule has 10 heteroatoms. The van der Waals surface area contributed by atoms with Gasteiger partial charge in [-0.15, -0.1) is 11.3 Å². The van der Waals surface area contributed by atoms with Crippen molar-refractivity contribution in [3.8, 4) is 11.3 Å². The van der Waals surface area contributed by atoms with Crippen LogP contribution in [-0.2, 0) is 11.0 Å². The topological polar surface area (TPSA) is 69.3 Å². The molecule has 6 nitrogen and oxygen atoms in total. The number of nitrogens with one attached hydrogen (secondary N) is 1. The van der Waals surface area contributed by atoms with Gasteiger partial charge in [0.1, 0.15) is 0 Å². The average Bonchev–Trinajstić information content (AvgIpc) is 3.17. The number of aromatic amines is 1. The van der Waals surface area contributed by atoms with Gasteiger partial charge in [0.05, 0.1) is 16.9 Å². The minimum atomic E-state index is -4.53. The first-order valence-corrected chi connectivity index (χ1v) is 10.3. The van der Waals surface area contributed by atoms with E-state index in [4.69, 9.17) is 0 Å². The summed E-state index contributed by atoms with van der Waals surface area (Å²) >= 11 is 1.12. The van der Waals surface area contributed by atoms with Crippen LogP contribution in [0.15, 0.2) is 52.8 Å². The molecule has 0 aliphatic rings. The molecule has 1 aromatic carbocycles. The second kappa shape index (κ2) is 9.44. The molecule has 0 saturated heterocycles. The molecule has 164 valence electrons. The molecule has 2 aromatic heterocycles. The monoisotopic (exact) mass is 450 g/mol. The maximum absolute atomic E-state index is 13.2. The van der Waals surface area contributed by atoms with Gasteiger partial charge in [-0.2, -0.15) is 13.2 Å². The molecule has 0 atom stereocenters. The lowest BCUT2D eigenvalue weighted by molar-refractivity contribution is -0.137. The summed E-state index contributed by atoms with van der Waals surface area (Å²) in [6.07, 6.45) is -2.36. The number of aromatic nitrogens is 2. The van der Waals surface area contributed by atoms with Crippen LogP contribution >= 0.6 is 11.3 Å². The molecule has 0 saturated carbocycles. The van der Waals surface area contributed by atoms with Crippen LogP contribution in [0.1, 0.15) is 18.4 Å². The first-order valence-electron chi connectivity index (χ1n) is 9.45. The molecule has 0 aliphatic carbocycles. The van der Waals surface area contributed by atoms with Gasteiger partial charge >= 0.3 is 6.18 Å². The lowest BCUT2D eigenvalue weighted by atomic mass is 10.1. The second-order valence-electron chi connectivity index (χ2n) is 7.14. The minimum absolute atomic E-state index is 0.0940. The van der Waals surface area contributed by atoms with Gasteiger partial charge in [0.25, 0.3) is 0 Å². The van der Waals surface area contributed by atoms with Gasteiger partial charge in [0, 0.05) is 29.6 Å². The Kier molecular flexibility index (Phi) is 6.91. The molecule has 1 amide bonds. The number of nitrogens with zero attached hydrogens (tertiary/aromatic N) is 3. The minimum Gasteiger partial charge on any atom is -0.329 e. The number of halogens is 3. The molecular formula is C21H21F3N4O2S. The maximum Gasteiger partial charge on any atom is 0.416 e. The van der Waals surface area contributed by atoms with Gasteiger partial charge in [-0.1, -0.05) is 6.07 Å². The van der Waals surface area contributed by atoms with Crippen LogP contribution in [0.5, 0.6) is 0 Å². The van der Waals surface area contributed by atoms with Gasteiger partial charge in [0.15, 0.2) is 5.13 Å². The summed E-state index contributed by atoms with van der Waals surface area (Å²) in [7, 11) is 3.76. The van der Waals surface area contributed by atoms with E-state index < -0.39 is 11.7 Å². The molecule has 2 heterocycles. The van der Waals surface area contributed by atoms with Crippen molar-refractivity contribution in [2.75, 3.05) is 25.5 Å². The third-order valence-corrected chi connectivity index (χ3v) is 5.26. The van der Waals surface area contributed by atoms with Crippen molar-refractivity contribution in [2.45, 2.75) is 19.0 Å². The van der Waals surface area contributed by atoms with E-state index in [2.05, 4.69) is 9.97 Å². The summed E-state index contributed by atoms with van der Waals surface area (Å²) in [4.78, 5) is 34.7. The molecule has 0 aliphatic heterocycles. The smallest absolute Gasteiger partial charge is 0.329 e. The fourth-order valence-electron chi connectivity index (χ4n) is 2.94. The molecule has 0 fully saturated rings. The number of amides is 1. The summed E-state index contributed by atoms with van der Waals surface area (Å²) in [6, 6.07) is 7.65. The fourth-order valence-corrected chi connectivity index (χ4v) is 3.81. The first-order chi connectivity index (χ1) is 14.6. The van der Waals surface area contributed by atoms with Crippen LogP contribution in [0.2, 0.25) is 0 Å². The zero-order chi connectivity index (χ0) is 22.6. The third kappa shape index (κ3) is 5.80. The molecule has 0 unspecified atom stereocenters. The van der Waals surface area contributed by atoms with Gasteiger partial charge < -0.3 is 9.88 Å². The standard InChI is InChI=1S/C21H21F3N4O2S/c1-27(2)10-4-7-19(30)28(16-6-3-5-15(12-16)21(22,23)24)20-26-17(13-31-20)14-8-9-25-18(29)11-14/h3,5-6,8-9,11-13H,4,7,10H2,1-2H3,(H,25,29). The molecule has 1 N–H and O–H groups in total. The number of alkyl halides is 3. The van der Waals surface area contributed by atoms with Crippen LogP contribution in [0.4, 0.5) is 24.0 Å². The lowest BCUT2D eigenvalue weighted by Crippen LogP contribution is -2.27. The molecule has 3 aromatic rings. The fraction of sp³-hybridized carbons (Fsp3) is 0.286. The Morgan fingerprint density at radius 2 is 1.97 bits per heavy atom. The van der Waals surface area contributed by atoms with Gasteiger partial charge in [-0.3, -0.25) is 14.5 Å². The predicted octanol–water partition coefficient (Wildman–Crippen LogP) is 4.52. The number of anilines is 2. The van der Waals surface area contributed by atoms with E-state index >= 15 is 0 Å². The molecule has 3 rings (SSSR count). The van der Waals surface area contributed by atoms with E-state index in [9.17, 15) is 22.8 Å². The molecule has 0 spiro atoms. The number of hydrogen-bond donors (Lipinski definition) is 1. The number of carbonyl (C=O) groups is 1. The summed E-state index contributed by atoms with van der Waals surface area (Å²) in [5.41, 5.74) is -0.0417. The van der Waals surface area contributed by atoms with E-state index in [-0.39, 0.29) is 28.7 Å². The lowest BCUT2D eigenvalue weighted by Gasteiger charge is -2.21. The average molecular weight is 450 g/mol. The van der Waals surface area contributed by atoms with Gasteiger partial charge in [-0.05, 0) is 51.3 Å². The Labute approximate surface area is 181 Å². The summed E-state index contributed by atoms with van der Waals surface area (Å²) in [6.45, 7) is 0.665. The largest absolute Gasteiger partial charge is 0.416 e. The number of pyridine rings is 1. The highest BCUT2D eigenvalue weighted by Gasteiger charge is 2.32. The highest BCUT2D eigenvalue weighted by molar-refractivity contribution is 7.14. The molecule has 0 bridgehead atoms. The normalized spacial score (nSPS) is 11.7. The van der Waals surface area contributed by atoms with Crippen molar-refractivity contribution in [1.82, 2.24) is 14.9 Å². The van der Waals surface area contributed by atoms with E-state index in [0.29, 0.717) is 24.2 Å². The summed E-state index contributed by atoms with van der Waals surface area (Å²) in [5.74, 6) is -0.354. The van der Waals surface area contributed by atoms with Crippen molar-refractivity contribution in [1.29, 1.82) is 0 Å². The second-order valence-corrected chi connectivity index (χ2v) is 7.98. The highest BCUT2D eigenvalue weighted by atomic mass is 32.1. The van der Waals surface area contributed by atoms with Crippen molar-refractivity contribution in [3.05, 3.63) is 63.9 Å². The quantitative estimate of drug-likeness (QED) is 0.575. The number of benzene rings is 1. The van der Waals surface area contributed by atoms with Crippen LogP contribution in [0.3, 0.4) is 0 Å². The van der Waals surface area contributed by atoms with Crippen molar-refractivity contribution in [3.63, 3.8) is 0 Å². The van der Waals surface area contributed by atoms with Crippen LogP contribution in [0.25, 0.3) is 11.3 Å². The van der Waals surface area contributed by atoms with Crippen molar-refractivity contribution in [2.24, 2.45) is 0 Å². The Hall–Kier alpha value is -2.98. The number of carbonyl (C=O) groups excluding carboxylic acids is 1. The first kappa shape index (κ1) is 22.7. The number of hydrogen-bond acceptors (Lipinski definition) is 5. The zero-order valence-electron chi connectivity index (χ0n) is 16.9. The predicted molar refractivity (Wildman–Crippen MR) is 115 cm³/mol. The summed E-state index contributed by atoms with van der Waals surface area (Å²) < 4.78 is 39.7. The molecular weight excluding hydrogens is 429 g/mol. The number of H-pyrrole nitrogens is 1. The SMILES string of the molecule is CN(C)CCCC(=O)N(c1cccc(C(F)(F)F)c1)c1nc(-c2cc[nH]c(=O)c2)cs1. The van der Waals surface area contributed by atoms with Crippen LogP contribution < -0.4 is 10.5 Å². The van der Waals surface area contributed by atoms with Crippen molar-refractivity contribution < 1.29 is 18.0 Å². The number of rotatable bonds is 7. The van der Waals surface area contributed by atoms with E-state index in [1.54, 1.807) is 11.4 Å². The Bertz CT molecular complexity index is 1110. The van der Waals surface area contributed by atoms with E-state index in [1.807, 2.05) is 19.0 Å². The maximum atomic E-state index is 13.2. The summed E-state index contributed by atoms with van der Waals surface area (Å²) in [5, 5.41) is 1.90. The highest BCUT2D eigenvalue weighted by Crippen LogP contribution is 2.36. The van der Waals surface area contributed by atoms with Gasteiger partial charge in [0.2, 0.25) is 11.5 Å². The molecule has 31 heavy (non-hydrogen) atoms. The Morgan fingerprint density at radius 1 is 1.19 bits per heavy atom. The Morgan fingerprint density at radius 3 is 2.65 bits per heavy atom. The third-order valence-electron chi connectivity index (χ3n) is 4.43. The molecule has 0 radical (unpaired) electrons. The Balaban J connectivity index is 1.99. The van der Waals surface area contributed by atoms with Crippen molar-refractivity contribution >= 4 is 28.1 Å². The number of thiazole rings is 1. The van der Waals surface area contributed by atoms with Crippen LogP contribution in [0, 0.1) is 0 Å². The van der Waals surface area contributed by atoms with E-state index in [1.165, 1.54) is 29.3 Å². The zero-order valence-corrected chi connectivity index (χ0v) is 17.8. The van der Waals surface area contributed by atoms with E-state index in [0.717, 1.165) is 23.5 Å². The van der Waals surface area contributed by atoms with Gasteiger partial charge in [-0.25, -0.2) is 4.98 Å². The van der Waals surface area contributed by atoms with Crippen LogP contribution in [-0.4, -0.2) is 41.4 Å².